The van der Waals surface area contributed by atoms with Crippen LogP contribution in [-0.4, -0.2) is 15.5 Å². The lowest BCUT2D eigenvalue weighted by atomic mass is 9.93. The molecule has 2 rings (SSSR count). The maximum atomic E-state index is 10.6. The van der Waals surface area contributed by atoms with Crippen LogP contribution in [0.5, 0.6) is 5.75 Å². The summed E-state index contributed by atoms with van der Waals surface area (Å²) in [6.45, 7) is 6.28. The van der Waals surface area contributed by atoms with Crippen LogP contribution in [0.25, 0.3) is 5.65 Å². The van der Waals surface area contributed by atoms with Crippen molar-refractivity contribution in [2.45, 2.75) is 26.2 Å². The van der Waals surface area contributed by atoms with E-state index in [2.05, 4.69) is 25.8 Å². The van der Waals surface area contributed by atoms with Crippen molar-refractivity contribution in [2.24, 2.45) is 5.73 Å². The normalized spacial score (nSPS) is 11.7. The largest absolute Gasteiger partial charge is 0.410 e. The summed E-state index contributed by atoms with van der Waals surface area (Å²) < 4.78 is 6.63. The molecular formula is C12H15N3O2. The van der Waals surface area contributed by atoms with Gasteiger partial charge in [-0.15, -0.1) is 0 Å². The number of nitrogens with zero attached hydrogens (tertiary/aromatic N) is 2. The fraction of sp³-hybridized carbons (Fsp3) is 0.333. The van der Waals surface area contributed by atoms with Gasteiger partial charge in [-0.1, -0.05) is 20.8 Å². The Hall–Kier alpha value is -2.04. The number of aromatic nitrogens is 2. The number of pyridine rings is 1. The molecule has 1 amide bonds. The first-order valence-electron chi connectivity index (χ1n) is 5.33. The second-order valence-electron chi connectivity index (χ2n) is 4.93. The molecular weight excluding hydrogens is 218 g/mol. The highest BCUT2D eigenvalue weighted by molar-refractivity contribution is 5.68. The van der Waals surface area contributed by atoms with Crippen LogP contribution in [0.3, 0.4) is 0 Å². The lowest BCUT2D eigenvalue weighted by molar-refractivity contribution is 0.210. The fourth-order valence-corrected chi connectivity index (χ4v) is 1.51. The molecule has 0 bridgehead atoms. The van der Waals surface area contributed by atoms with Gasteiger partial charge in [0.25, 0.3) is 0 Å². The third-order valence-electron chi connectivity index (χ3n) is 2.41. The summed E-state index contributed by atoms with van der Waals surface area (Å²) >= 11 is 0. The molecule has 2 aromatic heterocycles. The van der Waals surface area contributed by atoms with Crippen LogP contribution in [0, 0.1) is 0 Å². The van der Waals surface area contributed by atoms with Crippen LogP contribution >= 0.6 is 0 Å². The van der Waals surface area contributed by atoms with Gasteiger partial charge in [-0.05, 0) is 12.1 Å². The molecule has 0 spiro atoms. The summed E-state index contributed by atoms with van der Waals surface area (Å²) in [4.78, 5) is 15.1. The number of hydrogen-bond acceptors (Lipinski definition) is 3. The summed E-state index contributed by atoms with van der Waals surface area (Å²) in [6.07, 6.45) is 2.78. The van der Waals surface area contributed by atoms with Crippen LogP contribution in [0.1, 0.15) is 26.5 Å². The van der Waals surface area contributed by atoms with Crippen molar-refractivity contribution in [3.63, 3.8) is 0 Å². The summed E-state index contributed by atoms with van der Waals surface area (Å²) in [5, 5.41) is 0. The number of rotatable bonds is 1. The first-order chi connectivity index (χ1) is 7.86. The van der Waals surface area contributed by atoms with E-state index in [1.807, 2.05) is 10.6 Å². The van der Waals surface area contributed by atoms with Crippen molar-refractivity contribution in [2.75, 3.05) is 0 Å². The molecule has 0 aliphatic rings. The van der Waals surface area contributed by atoms with Gasteiger partial charge >= 0.3 is 6.09 Å². The van der Waals surface area contributed by atoms with E-state index in [1.165, 1.54) is 0 Å². The number of fused-ring (bicyclic) bond motifs is 1. The van der Waals surface area contributed by atoms with E-state index in [-0.39, 0.29) is 5.41 Å². The number of nitrogens with two attached hydrogens (primary N) is 1. The number of hydrogen-bond donors (Lipinski definition) is 1. The minimum absolute atomic E-state index is 0.0171. The molecule has 5 heteroatoms. The summed E-state index contributed by atoms with van der Waals surface area (Å²) in [5.41, 5.74) is 6.73. The van der Waals surface area contributed by atoms with Crippen molar-refractivity contribution < 1.29 is 9.53 Å². The third kappa shape index (κ3) is 2.38. The SMILES string of the molecule is CC(C)(C)c1cn2cc(OC(N)=O)ccc2n1. The van der Waals surface area contributed by atoms with Crippen molar-refractivity contribution >= 4 is 11.7 Å². The minimum atomic E-state index is -0.819. The van der Waals surface area contributed by atoms with Crippen molar-refractivity contribution in [3.8, 4) is 5.75 Å². The number of imidazole rings is 1. The number of primary amides is 1. The van der Waals surface area contributed by atoms with Gasteiger partial charge in [-0.2, -0.15) is 0 Å². The van der Waals surface area contributed by atoms with Crippen LogP contribution in [0.2, 0.25) is 0 Å². The van der Waals surface area contributed by atoms with E-state index in [4.69, 9.17) is 10.5 Å². The standard InChI is InChI=1S/C12H15N3O2/c1-12(2,3)9-7-15-6-8(17-11(13)16)4-5-10(15)14-9/h4-7H,1-3H3,(H2,13,16). The van der Waals surface area contributed by atoms with Gasteiger partial charge in [-0.3, -0.25) is 0 Å². The summed E-state index contributed by atoms with van der Waals surface area (Å²) in [5.74, 6) is 0.405. The Kier molecular flexibility index (Phi) is 2.53. The van der Waals surface area contributed by atoms with Gasteiger partial charge in [0.05, 0.1) is 11.9 Å². The second kappa shape index (κ2) is 3.76. The monoisotopic (exact) mass is 233 g/mol. The van der Waals surface area contributed by atoms with E-state index in [0.29, 0.717) is 5.75 Å². The Morgan fingerprint density at radius 3 is 2.65 bits per heavy atom. The van der Waals surface area contributed by atoms with Crippen molar-refractivity contribution in [1.82, 2.24) is 9.38 Å². The highest BCUT2D eigenvalue weighted by atomic mass is 16.5. The maximum Gasteiger partial charge on any atom is 0.410 e. The molecule has 17 heavy (non-hydrogen) atoms. The Morgan fingerprint density at radius 1 is 1.35 bits per heavy atom. The highest BCUT2D eigenvalue weighted by Crippen LogP contribution is 2.22. The zero-order chi connectivity index (χ0) is 12.6. The molecule has 0 unspecified atom stereocenters. The zero-order valence-electron chi connectivity index (χ0n) is 10.1. The minimum Gasteiger partial charge on any atom is -0.409 e. The first-order valence-corrected chi connectivity index (χ1v) is 5.33. The Labute approximate surface area is 99.2 Å². The molecule has 0 saturated heterocycles. The first kappa shape index (κ1) is 11.4. The molecule has 2 aromatic rings. The topological polar surface area (TPSA) is 69.6 Å². The molecule has 0 aliphatic carbocycles. The molecule has 90 valence electrons. The van der Waals surface area contributed by atoms with Gasteiger partial charge < -0.3 is 14.9 Å². The van der Waals surface area contributed by atoms with Gasteiger partial charge in [-0.25, -0.2) is 9.78 Å². The van der Waals surface area contributed by atoms with Crippen LogP contribution < -0.4 is 10.5 Å². The predicted molar refractivity (Wildman–Crippen MR) is 64.1 cm³/mol. The van der Waals surface area contributed by atoms with E-state index in [0.717, 1.165) is 11.3 Å². The zero-order valence-corrected chi connectivity index (χ0v) is 10.1. The quantitative estimate of drug-likeness (QED) is 0.819. The smallest absolute Gasteiger partial charge is 0.409 e. The maximum absolute atomic E-state index is 10.6. The molecule has 0 saturated carbocycles. The molecule has 0 aromatic carbocycles. The average Bonchev–Trinajstić information content (AvgIpc) is 2.58. The predicted octanol–water partition coefficient (Wildman–Crippen LogP) is 2.09. The second-order valence-corrected chi connectivity index (χ2v) is 4.93. The van der Waals surface area contributed by atoms with E-state index < -0.39 is 6.09 Å². The van der Waals surface area contributed by atoms with E-state index in [9.17, 15) is 4.79 Å². The average molecular weight is 233 g/mol. The van der Waals surface area contributed by atoms with Crippen molar-refractivity contribution in [3.05, 3.63) is 30.2 Å². The fourth-order valence-electron chi connectivity index (χ4n) is 1.51. The Balaban J connectivity index is 2.44. The van der Waals surface area contributed by atoms with E-state index in [1.54, 1.807) is 18.3 Å². The summed E-state index contributed by atoms with van der Waals surface area (Å²) in [7, 11) is 0. The number of carbonyl (C=O) groups is 1. The molecule has 0 atom stereocenters. The van der Waals surface area contributed by atoms with Gasteiger partial charge in [0.2, 0.25) is 0 Å². The van der Waals surface area contributed by atoms with E-state index >= 15 is 0 Å². The van der Waals surface area contributed by atoms with Crippen LogP contribution in [0.15, 0.2) is 24.5 Å². The number of carbonyl (C=O) groups excluding carboxylic acids is 1. The van der Waals surface area contributed by atoms with Gasteiger partial charge in [0.1, 0.15) is 11.4 Å². The molecule has 5 nitrogen and oxygen atoms in total. The molecule has 0 fully saturated rings. The molecule has 0 aliphatic heterocycles. The Morgan fingerprint density at radius 2 is 2.06 bits per heavy atom. The highest BCUT2D eigenvalue weighted by Gasteiger charge is 2.17. The van der Waals surface area contributed by atoms with Gasteiger partial charge in [0.15, 0.2) is 0 Å². The number of ether oxygens (including phenoxy) is 1. The Bertz CT molecular complexity index is 567. The summed E-state index contributed by atoms with van der Waals surface area (Å²) in [6, 6.07) is 3.45. The lowest BCUT2D eigenvalue weighted by Crippen LogP contribution is -2.16. The third-order valence-corrected chi connectivity index (χ3v) is 2.41. The molecule has 2 heterocycles. The lowest BCUT2D eigenvalue weighted by Gasteiger charge is -2.13. The number of amides is 1. The van der Waals surface area contributed by atoms with Crippen LogP contribution in [0.4, 0.5) is 4.79 Å². The van der Waals surface area contributed by atoms with Crippen molar-refractivity contribution in [1.29, 1.82) is 0 Å². The molecule has 2 N–H and O–H groups in total. The molecule has 0 radical (unpaired) electrons. The van der Waals surface area contributed by atoms with Crippen LogP contribution in [-0.2, 0) is 5.41 Å². The van der Waals surface area contributed by atoms with Gasteiger partial charge in [0, 0.05) is 11.6 Å².